The molecule has 0 aliphatic heterocycles. The lowest BCUT2D eigenvalue weighted by molar-refractivity contribution is 0.415. The Hall–Kier alpha value is -3.44. The summed E-state index contributed by atoms with van der Waals surface area (Å²) < 4.78 is 7.43. The van der Waals surface area contributed by atoms with Gasteiger partial charge in [0.2, 0.25) is 0 Å². The molecule has 1 atom stereocenters. The number of nitrogens with zero attached hydrogens (tertiary/aromatic N) is 3. The first-order valence-corrected chi connectivity index (χ1v) is 11.2. The Labute approximate surface area is 188 Å². The number of benzene rings is 2. The van der Waals surface area contributed by atoms with Crippen molar-refractivity contribution in [3.63, 3.8) is 0 Å². The van der Waals surface area contributed by atoms with E-state index < -0.39 is 0 Å². The van der Waals surface area contributed by atoms with Crippen molar-refractivity contribution in [2.75, 3.05) is 13.7 Å². The van der Waals surface area contributed by atoms with Crippen LogP contribution in [0, 0.1) is 0 Å². The first-order valence-electron chi connectivity index (χ1n) is 11.2. The average molecular weight is 425 g/mol. The SMILES string of the molecule is COc1ccc2nccc(-n3cc4c(n3)CCC(NC/C(C)=C/c3ccccc3)C4)c2c1. The first kappa shape index (κ1) is 20.5. The molecule has 0 radical (unpaired) electrons. The summed E-state index contributed by atoms with van der Waals surface area (Å²) in [5, 5.41) is 9.71. The molecule has 2 aromatic heterocycles. The van der Waals surface area contributed by atoms with Gasteiger partial charge in [0.05, 0.1) is 24.0 Å². The van der Waals surface area contributed by atoms with Crippen LogP contribution in [0.3, 0.4) is 0 Å². The number of nitrogens with one attached hydrogen (secondary N) is 1. The van der Waals surface area contributed by atoms with Gasteiger partial charge in [0.25, 0.3) is 0 Å². The van der Waals surface area contributed by atoms with Crippen LogP contribution in [-0.4, -0.2) is 34.5 Å². The van der Waals surface area contributed by atoms with Crippen LogP contribution in [0.5, 0.6) is 5.75 Å². The summed E-state index contributed by atoms with van der Waals surface area (Å²) in [7, 11) is 1.69. The summed E-state index contributed by atoms with van der Waals surface area (Å²) in [5.41, 5.74) is 7.10. The topological polar surface area (TPSA) is 52.0 Å². The highest BCUT2D eigenvalue weighted by molar-refractivity contribution is 5.88. The third-order valence-electron chi connectivity index (χ3n) is 6.13. The van der Waals surface area contributed by atoms with Gasteiger partial charge in [0, 0.05) is 30.4 Å². The Bertz CT molecular complexity index is 1260. The zero-order valence-corrected chi connectivity index (χ0v) is 18.6. The van der Waals surface area contributed by atoms with Gasteiger partial charge < -0.3 is 10.1 Å². The maximum absolute atomic E-state index is 5.42. The number of hydrogen-bond donors (Lipinski definition) is 1. The highest BCUT2D eigenvalue weighted by Crippen LogP contribution is 2.27. The molecule has 1 aliphatic rings. The van der Waals surface area contributed by atoms with E-state index in [0.29, 0.717) is 6.04 Å². The molecular formula is C27H28N4O. The number of aromatic nitrogens is 3. The summed E-state index contributed by atoms with van der Waals surface area (Å²) >= 11 is 0. The second-order valence-electron chi connectivity index (χ2n) is 8.48. The van der Waals surface area contributed by atoms with E-state index >= 15 is 0 Å². The van der Waals surface area contributed by atoms with Crippen molar-refractivity contribution in [1.82, 2.24) is 20.1 Å². The fourth-order valence-electron chi connectivity index (χ4n) is 4.43. The van der Waals surface area contributed by atoms with Gasteiger partial charge in [-0.1, -0.05) is 42.0 Å². The molecule has 5 rings (SSSR count). The maximum atomic E-state index is 5.42. The van der Waals surface area contributed by atoms with Crippen LogP contribution in [0.4, 0.5) is 0 Å². The zero-order chi connectivity index (χ0) is 21.9. The Morgan fingerprint density at radius 1 is 1.19 bits per heavy atom. The van der Waals surface area contributed by atoms with Gasteiger partial charge in [0.1, 0.15) is 5.75 Å². The zero-order valence-electron chi connectivity index (χ0n) is 18.6. The Balaban J connectivity index is 1.32. The van der Waals surface area contributed by atoms with Crippen molar-refractivity contribution in [2.24, 2.45) is 0 Å². The van der Waals surface area contributed by atoms with Gasteiger partial charge in [-0.05, 0) is 61.6 Å². The van der Waals surface area contributed by atoms with E-state index in [0.717, 1.165) is 48.1 Å². The molecule has 4 aromatic rings. The Morgan fingerprint density at radius 2 is 2.06 bits per heavy atom. The second kappa shape index (κ2) is 8.97. The van der Waals surface area contributed by atoms with Crippen molar-refractivity contribution in [3.05, 3.63) is 89.4 Å². The first-order chi connectivity index (χ1) is 15.7. The van der Waals surface area contributed by atoms with Crippen LogP contribution >= 0.6 is 0 Å². The fourth-order valence-corrected chi connectivity index (χ4v) is 4.43. The quantitative estimate of drug-likeness (QED) is 0.474. The predicted octanol–water partition coefficient (Wildman–Crippen LogP) is 4.98. The van der Waals surface area contributed by atoms with Crippen LogP contribution in [-0.2, 0) is 12.8 Å². The third kappa shape index (κ3) is 4.30. The standard InChI is InChI=1S/C27H28N4O/c1-19(14-20-6-4-3-5-7-20)17-29-22-8-10-25-21(15-22)18-31(30-25)27-12-13-28-26-11-9-23(32-2)16-24(26)27/h3-7,9,11-14,16,18,22,29H,8,10,15,17H2,1-2H3/b19-14+. The minimum atomic E-state index is 0.466. The van der Waals surface area contributed by atoms with Crippen LogP contribution in [0.15, 0.2) is 72.6 Å². The molecule has 5 nitrogen and oxygen atoms in total. The highest BCUT2D eigenvalue weighted by Gasteiger charge is 2.22. The van der Waals surface area contributed by atoms with Crippen molar-refractivity contribution >= 4 is 17.0 Å². The summed E-state index contributed by atoms with van der Waals surface area (Å²) in [6.07, 6.45) is 9.38. The van der Waals surface area contributed by atoms with Gasteiger partial charge in [-0.25, -0.2) is 4.68 Å². The second-order valence-corrected chi connectivity index (χ2v) is 8.48. The van der Waals surface area contributed by atoms with Gasteiger partial charge in [0.15, 0.2) is 0 Å². The van der Waals surface area contributed by atoms with E-state index in [4.69, 9.17) is 9.84 Å². The van der Waals surface area contributed by atoms with E-state index in [9.17, 15) is 0 Å². The molecule has 0 saturated heterocycles. The van der Waals surface area contributed by atoms with Crippen molar-refractivity contribution in [2.45, 2.75) is 32.2 Å². The summed E-state index contributed by atoms with van der Waals surface area (Å²) in [4.78, 5) is 4.50. The molecule has 0 amide bonds. The molecule has 0 fully saturated rings. The predicted molar refractivity (Wildman–Crippen MR) is 129 cm³/mol. The largest absolute Gasteiger partial charge is 0.497 e. The molecule has 0 spiro atoms. The molecule has 1 unspecified atom stereocenters. The maximum Gasteiger partial charge on any atom is 0.119 e. The number of aryl methyl sites for hydroxylation is 1. The molecular weight excluding hydrogens is 396 g/mol. The fraction of sp³-hybridized carbons (Fsp3) is 0.259. The summed E-state index contributed by atoms with van der Waals surface area (Å²) in [6.45, 7) is 3.09. The lowest BCUT2D eigenvalue weighted by Gasteiger charge is -2.22. The lowest BCUT2D eigenvalue weighted by Crippen LogP contribution is -2.35. The molecule has 0 saturated carbocycles. The lowest BCUT2D eigenvalue weighted by atomic mass is 9.93. The highest BCUT2D eigenvalue weighted by atomic mass is 16.5. The molecule has 32 heavy (non-hydrogen) atoms. The number of ether oxygens (including phenoxy) is 1. The summed E-state index contributed by atoms with van der Waals surface area (Å²) in [6, 6.07) is 18.9. The molecule has 1 N–H and O–H groups in total. The van der Waals surface area contributed by atoms with E-state index in [-0.39, 0.29) is 0 Å². The van der Waals surface area contributed by atoms with E-state index in [2.05, 4.69) is 59.8 Å². The normalized spacial score (nSPS) is 16.2. The number of methoxy groups -OCH3 is 1. The molecule has 2 heterocycles. The van der Waals surface area contributed by atoms with E-state index in [1.807, 2.05) is 35.1 Å². The monoisotopic (exact) mass is 424 g/mol. The average Bonchev–Trinajstić information content (AvgIpc) is 3.26. The van der Waals surface area contributed by atoms with Crippen LogP contribution < -0.4 is 10.1 Å². The minimum Gasteiger partial charge on any atom is -0.497 e. The van der Waals surface area contributed by atoms with Crippen LogP contribution in [0.2, 0.25) is 0 Å². The molecule has 0 bridgehead atoms. The molecule has 5 heteroatoms. The van der Waals surface area contributed by atoms with Gasteiger partial charge >= 0.3 is 0 Å². The van der Waals surface area contributed by atoms with E-state index in [1.165, 1.54) is 22.4 Å². The third-order valence-corrected chi connectivity index (χ3v) is 6.13. The van der Waals surface area contributed by atoms with Crippen molar-refractivity contribution in [3.8, 4) is 11.4 Å². The molecule has 162 valence electrons. The molecule has 1 aliphatic carbocycles. The van der Waals surface area contributed by atoms with Crippen molar-refractivity contribution in [1.29, 1.82) is 0 Å². The van der Waals surface area contributed by atoms with Crippen molar-refractivity contribution < 1.29 is 4.74 Å². The van der Waals surface area contributed by atoms with Gasteiger partial charge in [-0.3, -0.25) is 4.98 Å². The Kier molecular flexibility index (Phi) is 5.73. The van der Waals surface area contributed by atoms with Gasteiger partial charge in [-0.2, -0.15) is 5.10 Å². The van der Waals surface area contributed by atoms with E-state index in [1.54, 1.807) is 7.11 Å². The minimum absolute atomic E-state index is 0.466. The van der Waals surface area contributed by atoms with Crippen LogP contribution in [0.1, 0.15) is 30.2 Å². The van der Waals surface area contributed by atoms with Crippen LogP contribution in [0.25, 0.3) is 22.7 Å². The Morgan fingerprint density at radius 3 is 2.91 bits per heavy atom. The number of pyridine rings is 1. The summed E-state index contributed by atoms with van der Waals surface area (Å²) in [5.74, 6) is 0.826. The number of rotatable bonds is 6. The number of hydrogen-bond acceptors (Lipinski definition) is 4. The molecule has 2 aromatic carbocycles. The van der Waals surface area contributed by atoms with Gasteiger partial charge in [-0.15, -0.1) is 0 Å². The smallest absolute Gasteiger partial charge is 0.119 e. The number of fused-ring (bicyclic) bond motifs is 2.